The maximum atomic E-state index is 10.6. The lowest BCUT2D eigenvalue weighted by Crippen LogP contribution is -2.35. The van der Waals surface area contributed by atoms with E-state index in [9.17, 15) is 21.6 Å². The summed E-state index contributed by atoms with van der Waals surface area (Å²) in [5.74, 6) is 7.37. The molecule has 16 aliphatic heterocycles. The molecule has 0 atom stereocenters. The Bertz CT molecular complexity index is 2320. The molecule has 9 N–H and O–H groups in total. The van der Waals surface area contributed by atoms with Gasteiger partial charge in [0.2, 0.25) is 0 Å². The van der Waals surface area contributed by atoms with Gasteiger partial charge in [-0.2, -0.15) is 23.5 Å². The number of carbonyl (C=O) groups excluding carboxylic acids is 1. The van der Waals surface area contributed by atoms with E-state index in [0.717, 1.165) is 137 Å². The first kappa shape index (κ1) is 173. The number of ketones is 1. The second-order valence-corrected chi connectivity index (χ2v) is 45.4. The van der Waals surface area contributed by atoms with E-state index in [1.165, 1.54) is 448 Å². The first-order valence-corrected chi connectivity index (χ1v) is 63.0. The van der Waals surface area contributed by atoms with Gasteiger partial charge in [0.05, 0.1) is 42.8 Å². The Kier molecular flexibility index (Phi) is 177. The fraction of sp³-hybridized carbons (Fsp3) is 0.909. The van der Waals surface area contributed by atoms with E-state index in [-0.39, 0.29) is 96.5 Å². The quantitative estimate of drug-likeness (QED) is 0.0806. The lowest BCUT2D eigenvalue weighted by Gasteiger charge is -2.10. The van der Waals surface area contributed by atoms with Gasteiger partial charge in [-0.05, 0) is 268 Å². The molecule has 148 heavy (non-hydrogen) atoms. The van der Waals surface area contributed by atoms with Crippen molar-refractivity contribution in [2.24, 2.45) is 9.98 Å². The Hall–Kier alpha value is -2.16. The Balaban J connectivity index is -0.000000117. The molecular formula is C121H266N12O10S5. The molecule has 0 aromatic rings. The Morgan fingerprint density at radius 3 is 0.777 bits per heavy atom. The molecule has 0 bridgehead atoms. The molecule has 0 aromatic heterocycles. The van der Waals surface area contributed by atoms with Gasteiger partial charge in [-0.3, -0.25) is 14.8 Å². The summed E-state index contributed by atoms with van der Waals surface area (Å²) in [4.78, 5) is 20.3. The van der Waals surface area contributed by atoms with Crippen LogP contribution in [0.15, 0.2) is 57.6 Å². The lowest BCUT2D eigenvalue weighted by atomic mass is 10.0. The number of ether oxygens (including phenoxy) is 5. The zero-order valence-electron chi connectivity index (χ0n) is 87.1. The van der Waals surface area contributed by atoms with Gasteiger partial charge < -0.3 is 76.4 Å². The summed E-state index contributed by atoms with van der Waals surface area (Å²) < 4.78 is 67.0. The highest BCUT2D eigenvalue weighted by Gasteiger charge is 2.17. The van der Waals surface area contributed by atoms with Gasteiger partial charge in [-0.1, -0.05) is 314 Å². The van der Waals surface area contributed by atoms with Crippen molar-refractivity contribution in [1.29, 1.82) is 0 Å². The predicted octanol–water partition coefficient (Wildman–Crippen LogP) is 30.7. The van der Waals surface area contributed by atoms with Gasteiger partial charge in [-0.15, -0.1) is 11.8 Å². The highest BCUT2D eigenvalue weighted by Crippen LogP contribution is 2.20. The van der Waals surface area contributed by atoms with Gasteiger partial charge in [0.1, 0.15) is 22.2 Å². The number of hydrogen-bond donors (Lipinski definition) is 9. The number of carbonyl (C=O) groups is 1. The first-order chi connectivity index (χ1) is 66.7. The lowest BCUT2D eigenvalue weighted by molar-refractivity contribution is -0.117. The highest BCUT2D eigenvalue weighted by atomic mass is 32.2. The fourth-order valence-electron chi connectivity index (χ4n) is 15.0. The number of hydrogen-bond acceptors (Lipinski definition) is 25. The summed E-state index contributed by atoms with van der Waals surface area (Å²) in [7, 11) is -3.02. The number of nitrogens with one attached hydrogen (secondary N) is 9. The number of morpholine rings is 1. The highest BCUT2D eigenvalue weighted by molar-refractivity contribution is 8.04. The zero-order valence-corrected chi connectivity index (χ0v) is 91.2. The minimum Gasteiger partial charge on any atom is -0.482 e. The van der Waals surface area contributed by atoms with Crippen molar-refractivity contribution in [2.45, 2.75) is 482 Å². The molecule has 0 radical (unpaired) electrons. The second-order valence-electron chi connectivity index (χ2n) is 37.5. The molecule has 7 aliphatic carbocycles. The zero-order chi connectivity index (χ0) is 96.5. The van der Waals surface area contributed by atoms with Crippen LogP contribution in [0.1, 0.15) is 482 Å². The van der Waals surface area contributed by atoms with E-state index >= 15 is 0 Å². The van der Waals surface area contributed by atoms with Gasteiger partial charge in [0.15, 0.2) is 16.2 Å². The SMILES string of the molecule is C.C.C.C.C.C.C.C.C.C.C.C.C.C1=CCCC1.C1=CNCCC1.C1=CSC=CN1.C1=NCCC1.C1=NCCO1.C1CCC1.C1CCC1.C1CCCC1.C1CCCCCC1.C1CCCCCC1.C1CCCOCC1.C1CCNC1.C1CCNCC1.C1CCNCC1.C1CCOC1.C1CCOCC1.C1CCSC1.C1COCCN1.C1CSCCN1.CN1CCCNCC1.O=C1CCCC1.O=S1(=O)CCCC1.O=S1(=O)CCNCC1. The third-order valence-electron chi connectivity index (χ3n) is 24.5. The number of nitrogens with zero attached hydrogens (tertiary/aromatic N) is 3. The summed E-state index contributed by atoms with van der Waals surface area (Å²) >= 11 is 5.78. The summed E-state index contributed by atoms with van der Waals surface area (Å²) in [5, 5.41) is 32.5. The Morgan fingerprint density at radius 1 is 0.270 bits per heavy atom. The first-order valence-electron chi connectivity index (χ1n) is 56.1. The molecular weight excluding hydrogens is 1940 g/mol. The molecule has 0 aromatic carbocycles. The van der Waals surface area contributed by atoms with Crippen molar-refractivity contribution in [3.63, 3.8) is 0 Å². The van der Waals surface area contributed by atoms with Crippen LogP contribution < -0.4 is 47.9 Å². The summed E-state index contributed by atoms with van der Waals surface area (Å²) in [6, 6.07) is 0. The van der Waals surface area contributed by atoms with Crippen LogP contribution in [-0.4, -0.2) is 277 Å². The smallest absolute Gasteiger partial charge is 0.169 e. The molecule has 900 valence electrons. The van der Waals surface area contributed by atoms with Crippen LogP contribution >= 0.6 is 35.3 Å². The van der Waals surface area contributed by atoms with E-state index in [2.05, 4.69) is 105 Å². The standard InChI is InChI=1S/2C7H14.C6H14N2.C6H12O.2C5H11N.C5H9N.C5H10O.C5H8O.C5H10.C5H8.C4H9NO2S.C4H9NO.C4H9NS.C4H5NS.C4H9N.C4H7N.C4H8O2S.C4H8O.C4H8S.2C4H8.C3H5NO.13CH4/c2*1-2-4-6-7-5-3-1;1-8-5-2-3-7-4-6-8;1-2-4-6-7-5-3-1;4*1-2-4-6-5-3-1;6-5-3-1-2-4-5;2*1-2-4-5-3-1;6-8(7)3-1-5-2-4-8;3*1-3-6-4-2-5-1;2*1-2-4-5-3-1;5-7(6)3-1-2-4-7;2*1-2-4-5-3-1;2*1-2-4-3-1;1-2-5-3-4-1;;;;;;;;;;;;;/h2*1-7H2;7H,2-6H2,1H3;1-6H2;2*6H,1-5H2;2,4,6H,1,3,5H2;1-5H2;1-4H2;1-5H2;1-2H,3-5H2;5H,1-4H2;2*5H,1-4H2;1-5H;5H,1-4H2;3H,1-2,4H2;1-4H2;2*1-4H2;2*1-4H2;3H,1-2H2;13*1H4. The number of likely N-dealkylation sites (N-methyl/N-ethyl adjacent to an activating group) is 1. The van der Waals surface area contributed by atoms with Crippen LogP contribution in [0.5, 0.6) is 0 Å². The average molecular weight is 2210 g/mol. The molecule has 23 aliphatic rings. The number of allylic oxidation sites excluding steroid dienone is 3. The van der Waals surface area contributed by atoms with Crippen LogP contribution in [0.4, 0.5) is 0 Å². The molecule has 18 fully saturated rings. The van der Waals surface area contributed by atoms with E-state index in [0.29, 0.717) is 41.9 Å². The molecule has 12 saturated heterocycles. The average Bonchev–Trinajstić information content (AvgIpc) is 1.11. The van der Waals surface area contributed by atoms with Gasteiger partial charge >= 0.3 is 0 Å². The number of sulfone groups is 2. The predicted molar refractivity (Wildman–Crippen MR) is 680 cm³/mol. The second kappa shape index (κ2) is 151. The van der Waals surface area contributed by atoms with Crippen LogP contribution in [0.25, 0.3) is 0 Å². The topological polar surface area (TPSA) is 268 Å². The number of Topliss-reactive ketones (excluding diaryl/α,β-unsaturated/α-hetero) is 1. The summed E-state index contributed by atoms with van der Waals surface area (Å²) in [6.07, 6.45) is 98.4. The molecule has 0 amide bonds. The maximum absolute atomic E-state index is 10.6. The van der Waals surface area contributed by atoms with Crippen molar-refractivity contribution in [2.75, 3.05) is 237 Å². The van der Waals surface area contributed by atoms with Gasteiger partial charge in [0, 0.05) is 142 Å². The maximum Gasteiger partial charge on any atom is 0.169 e. The van der Waals surface area contributed by atoms with E-state index < -0.39 is 19.7 Å². The number of thioether (sulfide) groups is 3. The molecule has 22 nitrogen and oxygen atoms in total. The molecule has 0 unspecified atom stereocenters. The van der Waals surface area contributed by atoms with E-state index in [4.69, 9.17) is 18.9 Å². The van der Waals surface area contributed by atoms with Gasteiger partial charge in [0.25, 0.3) is 0 Å². The van der Waals surface area contributed by atoms with Crippen LogP contribution in [0, 0.1) is 0 Å². The Morgan fingerprint density at radius 2 is 0.601 bits per heavy atom. The largest absolute Gasteiger partial charge is 0.482 e. The van der Waals surface area contributed by atoms with Crippen molar-refractivity contribution >= 4 is 73.4 Å². The van der Waals surface area contributed by atoms with Crippen molar-refractivity contribution < 1.29 is 45.3 Å². The molecule has 0 spiro atoms. The van der Waals surface area contributed by atoms with Crippen molar-refractivity contribution in [3.05, 3.63) is 47.6 Å². The summed E-state index contributed by atoms with van der Waals surface area (Å²) in [5.41, 5.74) is 0. The third-order valence-corrected chi connectivity index (χ3v) is 30.7. The van der Waals surface area contributed by atoms with Crippen molar-refractivity contribution in [1.82, 2.24) is 52.8 Å². The fourth-order valence-corrected chi connectivity index (χ4v) is 19.8. The van der Waals surface area contributed by atoms with E-state index in [1.54, 1.807) is 11.8 Å². The number of rotatable bonds is 0. The minimum atomic E-state index is -2.65. The van der Waals surface area contributed by atoms with Crippen LogP contribution in [0.2, 0.25) is 0 Å². The third kappa shape index (κ3) is 152. The molecule has 23 rings (SSSR count). The van der Waals surface area contributed by atoms with Crippen molar-refractivity contribution in [3.8, 4) is 0 Å². The molecule has 16 heterocycles. The summed E-state index contributed by atoms with van der Waals surface area (Å²) in [6.45, 7) is 29.7. The number of aliphatic imine (C=N–C) groups is 2. The monoisotopic (exact) mass is 2210 g/mol. The van der Waals surface area contributed by atoms with E-state index in [1.807, 2.05) is 47.4 Å². The molecule has 6 saturated carbocycles. The number of piperidine rings is 2. The molecule has 27 heteroatoms. The minimum absolute atomic E-state index is 0. The normalized spacial score (nSPS) is 21.5. The Labute approximate surface area is 941 Å². The van der Waals surface area contributed by atoms with Crippen LogP contribution in [-0.2, 0) is 48.2 Å². The van der Waals surface area contributed by atoms with Gasteiger partial charge in [-0.25, -0.2) is 16.8 Å². The van der Waals surface area contributed by atoms with Crippen LogP contribution in [0.3, 0.4) is 0 Å².